The normalized spacial score (nSPS) is 18.4. The van der Waals surface area contributed by atoms with Crippen molar-refractivity contribution in [2.45, 2.75) is 13.0 Å². The van der Waals surface area contributed by atoms with E-state index in [0.29, 0.717) is 24.5 Å². The highest BCUT2D eigenvalue weighted by atomic mass is 16.4. The zero-order valence-corrected chi connectivity index (χ0v) is 13.1. The molecule has 1 aliphatic rings. The minimum atomic E-state index is -0.212. The monoisotopic (exact) mass is 310 g/mol. The van der Waals surface area contributed by atoms with Crippen molar-refractivity contribution >= 4 is 5.91 Å². The number of carbonyl (C=O) groups excluding carboxylic acids is 1. The Balaban J connectivity index is 1.76. The third-order valence-electron chi connectivity index (χ3n) is 4.13. The van der Waals surface area contributed by atoms with E-state index in [4.69, 9.17) is 0 Å². The number of amides is 1. The standard InChI is InChI=1S/C18H20N3O2/c1-19-18(22)17(12-15-8-4-2-5-9-15)14-20(21(19)23)13-16-10-6-3-7-11-16/h2-11,17H,12-14H2,1H3/q+1. The minimum absolute atomic E-state index is 0.131. The Morgan fingerprint density at radius 1 is 1.00 bits per heavy atom. The number of benzene rings is 2. The highest BCUT2D eigenvalue weighted by molar-refractivity contribution is 5.78. The Hall–Kier alpha value is -2.69. The second kappa shape index (κ2) is 6.60. The zero-order valence-electron chi connectivity index (χ0n) is 13.1. The summed E-state index contributed by atoms with van der Waals surface area (Å²) in [6, 6.07) is 19.7. The van der Waals surface area contributed by atoms with E-state index in [2.05, 4.69) is 0 Å². The van der Waals surface area contributed by atoms with Crippen LogP contribution in [0.15, 0.2) is 60.7 Å². The molecule has 1 saturated heterocycles. The van der Waals surface area contributed by atoms with Gasteiger partial charge < -0.3 is 0 Å². The quantitative estimate of drug-likeness (QED) is 0.815. The summed E-state index contributed by atoms with van der Waals surface area (Å²) in [5, 5.41) is 2.84. The van der Waals surface area contributed by atoms with Crippen molar-refractivity contribution in [3.05, 3.63) is 76.7 Å². The molecule has 1 fully saturated rings. The van der Waals surface area contributed by atoms with Gasteiger partial charge in [-0.3, -0.25) is 4.79 Å². The molecule has 2 aromatic carbocycles. The van der Waals surface area contributed by atoms with Gasteiger partial charge in [-0.1, -0.05) is 60.7 Å². The summed E-state index contributed by atoms with van der Waals surface area (Å²) in [5.74, 6) is -0.343. The maximum Gasteiger partial charge on any atom is 0.290 e. The topological polar surface area (TPSA) is 43.6 Å². The second-order valence-corrected chi connectivity index (χ2v) is 5.83. The number of hydrogen-bond acceptors (Lipinski definition) is 2. The van der Waals surface area contributed by atoms with Crippen molar-refractivity contribution in [2.24, 2.45) is 5.92 Å². The van der Waals surface area contributed by atoms with E-state index in [1.165, 1.54) is 12.1 Å². The first kappa shape index (κ1) is 15.2. The van der Waals surface area contributed by atoms with Gasteiger partial charge in [0, 0.05) is 0 Å². The number of hydrogen-bond donors (Lipinski definition) is 0. The fourth-order valence-electron chi connectivity index (χ4n) is 2.91. The fourth-order valence-corrected chi connectivity index (χ4v) is 2.91. The molecular weight excluding hydrogens is 290 g/mol. The Morgan fingerprint density at radius 2 is 1.57 bits per heavy atom. The van der Waals surface area contributed by atoms with Crippen LogP contribution in [0.25, 0.3) is 0 Å². The van der Waals surface area contributed by atoms with Gasteiger partial charge in [0.05, 0.1) is 24.4 Å². The lowest BCUT2D eigenvalue weighted by molar-refractivity contribution is -0.822. The molecule has 1 amide bonds. The summed E-state index contributed by atoms with van der Waals surface area (Å²) >= 11 is 0. The largest absolute Gasteiger partial charge is 0.290 e. The van der Waals surface area contributed by atoms with Gasteiger partial charge in [-0.2, -0.15) is 0 Å². The average Bonchev–Trinajstić information content (AvgIpc) is 2.59. The molecule has 23 heavy (non-hydrogen) atoms. The molecule has 3 rings (SSSR count). The number of rotatable bonds is 4. The molecule has 2 aromatic rings. The molecule has 1 atom stereocenters. The van der Waals surface area contributed by atoms with Gasteiger partial charge in [0.25, 0.3) is 10.9 Å². The molecule has 0 radical (unpaired) electrons. The molecule has 1 heterocycles. The Bertz CT molecular complexity index is 628. The van der Waals surface area contributed by atoms with Crippen LogP contribution in [-0.2, 0) is 17.8 Å². The summed E-state index contributed by atoms with van der Waals surface area (Å²) in [4.78, 5) is 25.4. The first-order chi connectivity index (χ1) is 11.1. The molecule has 0 saturated carbocycles. The number of carbonyl (C=O) groups is 1. The molecule has 0 bridgehead atoms. The van der Waals surface area contributed by atoms with Crippen molar-refractivity contribution < 1.29 is 9.77 Å². The Labute approximate surface area is 135 Å². The van der Waals surface area contributed by atoms with E-state index < -0.39 is 0 Å². The molecule has 118 valence electrons. The molecular formula is C18H20N3O2+. The predicted molar refractivity (Wildman–Crippen MR) is 86.9 cm³/mol. The highest BCUT2D eigenvalue weighted by Crippen LogP contribution is 2.20. The summed E-state index contributed by atoms with van der Waals surface area (Å²) in [7, 11) is 1.53. The van der Waals surface area contributed by atoms with Crippen LogP contribution in [0.2, 0.25) is 0 Å². The molecule has 1 aliphatic heterocycles. The summed E-state index contributed by atoms with van der Waals surface area (Å²) in [5.41, 5.74) is 2.16. The smallest absolute Gasteiger partial charge is 0.268 e. The first-order valence-electron chi connectivity index (χ1n) is 7.72. The zero-order chi connectivity index (χ0) is 16.2. The van der Waals surface area contributed by atoms with Crippen LogP contribution in [0, 0.1) is 10.8 Å². The number of nitrogens with zero attached hydrogens (tertiary/aromatic N) is 3. The minimum Gasteiger partial charge on any atom is -0.268 e. The molecule has 0 spiro atoms. The van der Waals surface area contributed by atoms with Crippen LogP contribution in [0.1, 0.15) is 11.1 Å². The van der Waals surface area contributed by atoms with Gasteiger partial charge in [0.2, 0.25) is 0 Å². The Morgan fingerprint density at radius 3 is 2.17 bits per heavy atom. The van der Waals surface area contributed by atoms with Crippen molar-refractivity contribution in [3.8, 4) is 0 Å². The molecule has 0 aliphatic carbocycles. The van der Waals surface area contributed by atoms with Crippen LogP contribution in [-0.4, -0.2) is 34.5 Å². The van der Waals surface area contributed by atoms with Gasteiger partial charge in [0.15, 0.2) is 0 Å². The fraction of sp³-hybridized carbons (Fsp3) is 0.278. The predicted octanol–water partition coefficient (Wildman–Crippen LogP) is 2.43. The summed E-state index contributed by atoms with van der Waals surface area (Å²) in [6.07, 6.45) is 0.642. The molecule has 1 unspecified atom stereocenters. The van der Waals surface area contributed by atoms with Gasteiger partial charge >= 0.3 is 0 Å². The van der Waals surface area contributed by atoms with E-state index in [1.54, 1.807) is 5.01 Å². The third kappa shape index (κ3) is 3.39. The van der Waals surface area contributed by atoms with Crippen molar-refractivity contribution in [1.82, 2.24) is 10.0 Å². The second-order valence-electron chi connectivity index (χ2n) is 5.83. The van der Waals surface area contributed by atoms with Crippen molar-refractivity contribution in [2.75, 3.05) is 13.6 Å². The van der Waals surface area contributed by atoms with Crippen molar-refractivity contribution in [1.29, 1.82) is 0 Å². The van der Waals surface area contributed by atoms with E-state index in [0.717, 1.165) is 11.1 Å². The first-order valence-corrected chi connectivity index (χ1v) is 7.72. The SMILES string of the molecule is CN1C(=O)C(Cc2ccccc2)CN(Cc2ccccc2)[N+]1=O. The maximum absolute atomic E-state index is 12.4. The van der Waals surface area contributed by atoms with E-state index in [1.807, 2.05) is 60.7 Å². The molecule has 0 aromatic heterocycles. The Kier molecular flexibility index (Phi) is 4.37. The van der Waals surface area contributed by atoms with E-state index >= 15 is 0 Å². The van der Waals surface area contributed by atoms with Crippen LogP contribution in [0.4, 0.5) is 0 Å². The van der Waals surface area contributed by atoms with Crippen LogP contribution < -0.4 is 0 Å². The van der Waals surface area contributed by atoms with Gasteiger partial charge in [-0.05, 0) is 22.6 Å². The third-order valence-corrected chi connectivity index (χ3v) is 4.13. The maximum atomic E-state index is 12.4. The van der Waals surface area contributed by atoms with Crippen LogP contribution in [0.5, 0.6) is 0 Å². The number of nitroso groups, excluding NO2 is 1. The molecule has 5 heteroatoms. The van der Waals surface area contributed by atoms with Crippen LogP contribution >= 0.6 is 0 Å². The summed E-state index contributed by atoms with van der Waals surface area (Å²) in [6.45, 7) is 0.920. The average molecular weight is 310 g/mol. The number of hydrazine groups is 2. The van der Waals surface area contributed by atoms with Crippen LogP contribution in [0.3, 0.4) is 0 Å². The van der Waals surface area contributed by atoms with Crippen molar-refractivity contribution in [3.63, 3.8) is 0 Å². The molecule has 0 N–H and O–H groups in total. The van der Waals surface area contributed by atoms with E-state index in [9.17, 15) is 9.70 Å². The lowest BCUT2D eigenvalue weighted by atomic mass is 9.97. The van der Waals surface area contributed by atoms with Gasteiger partial charge in [0.1, 0.15) is 6.54 Å². The summed E-state index contributed by atoms with van der Waals surface area (Å²) < 4.78 is 0. The van der Waals surface area contributed by atoms with Gasteiger partial charge in [-0.15, -0.1) is 5.01 Å². The van der Waals surface area contributed by atoms with E-state index in [-0.39, 0.29) is 11.8 Å². The van der Waals surface area contributed by atoms with Gasteiger partial charge in [-0.25, -0.2) is 0 Å². The highest BCUT2D eigenvalue weighted by Gasteiger charge is 2.43. The lowest BCUT2D eigenvalue weighted by Crippen LogP contribution is -2.56. The molecule has 5 nitrogen and oxygen atoms in total. The lowest BCUT2D eigenvalue weighted by Gasteiger charge is -2.28.